The van der Waals surface area contributed by atoms with Crippen molar-refractivity contribution < 1.29 is 15.0 Å². The summed E-state index contributed by atoms with van der Waals surface area (Å²) in [7, 11) is 3.65. The Balaban J connectivity index is 0.00000256. The van der Waals surface area contributed by atoms with E-state index in [-0.39, 0.29) is 17.1 Å². The van der Waals surface area contributed by atoms with Gasteiger partial charge in [0.15, 0.2) is 5.65 Å². The molecule has 2 aromatic heterocycles. The van der Waals surface area contributed by atoms with Gasteiger partial charge < -0.3 is 15.1 Å². The van der Waals surface area contributed by atoms with Gasteiger partial charge in [-0.15, -0.1) is 0 Å². The lowest BCUT2D eigenvalue weighted by atomic mass is 9.94. The Morgan fingerprint density at radius 3 is 2.80 bits per heavy atom. The molecule has 0 unspecified atom stereocenters. The van der Waals surface area contributed by atoms with E-state index in [1.165, 1.54) is 19.3 Å². The number of aromatic nitrogens is 3. The molecule has 1 amide bonds. The second kappa shape index (κ2) is 9.30. The number of imidazole rings is 1. The number of H-pyrrole nitrogens is 1. The third kappa shape index (κ3) is 4.48. The molecule has 0 saturated heterocycles. The van der Waals surface area contributed by atoms with Crippen LogP contribution in [-0.2, 0) is 11.8 Å². The number of nitrogens with one attached hydrogen (secondary N) is 1. The Labute approximate surface area is 175 Å². The van der Waals surface area contributed by atoms with Crippen LogP contribution in [-0.4, -0.2) is 50.5 Å². The number of carbonyl (C=O) groups excluding carboxylic acids is 1. The second-order valence-electron chi connectivity index (χ2n) is 7.95. The van der Waals surface area contributed by atoms with Crippen LogP contribution >= 0.6 is 0 Å². The Morgan fingerprint density at radius 1 is 1.27 bits per heavy atom. The molecule has 0 aliphatic heterocycles. The number of hydrogen-bond acceptors (Lipinski definition) is 4. The number of amides is 1. The molecule has 0 bridgehead atoms. The lowest BCUT2D eigenvalue weighted by Crippen LogP contribution is -2.38. The normalized spacial score (nSPS) is 14.6. The lowest BCUT2D eigenvalue weighted by molar-refractivity contribution is -0.132. The molecule has 4 rings (SSSR count). The topological polar surface area (TPSA) is 112 Å². The first-order chi connectivity index (χ1) is 14.0. The third-order valence-electron chi connectivity index (χ3n) is 5.98. The summed E-state index contributed by atoms with van der Waals surface area (Å²) >= 11 is 0. The molecule has 8 nitrogen and oxygen atoms in total. The van der Waals surface area contributed by atoms with E-state index in [2.05, 4.69) is 9.97 Å². The summed E-state index contributed by atoms with van der Waals surface area (Å²) in [6, 6.07) is 8.03. The summed E-state index contributed by atoms with van der Waals surface area (Å²) in [6.45, 7) is 0.494. The minimum absolute atomic E-state index is 0. The molecule has 30 heavy (non-hydrogen) atoms. The Bertz CT molecular complexity index is 1080. The van der Waals surface area contributed by atoms with Crippen LogP contribution < -0.4 is 10.4 Å². The van der Waals surface area contributed by atoms with Crippen molar-refractivity contribution in [1.82, 2.24) is 19.4 Å². The van der Waals surface area contributed by atoms with Crippen molar-refractivity contribution in [3.05, 3.63) is 34.7 Å². The van der Waals surface area contributed by atoms with Gasteiger partial charge in [-0.25, -0.2) is 9.78 Å². The summed E-state index contributed by atoms with van der Waals surface area (Å²) in [5.74, 6) is 0.950. The molecular formula is C22H30N4O4. The van der Waals surface area contributed by atoms with Crippen LogP contribution in [0.4, 0.5) is 0 Å². The highest BCUT2D eigenvalue weighted by atomic mass is 16.5. The summed E-state index contributed by atoms with van der Waals surface area (Å²) in [5, 5.41) is 0.915. The van der Waals surface area contributed by atoms with Gasteiger partial charge in [-0.2, -0.15) is 0 Å². The highest BCUT2D eigenvalue weighted by Gasteiger charge is 2.21. The fourth-order valence-corrected chi connectivity index (χ4v) is 4.14. The number of aryl methyl sites for hydroxylation is 1. The average Bonchev–Trinajstić information content (AvgIpc) is 3.02. The van der Waals surface area contributed by atoms with E-state index in [0.717, 1.165) is 35.0 Å². The molecule has 1 fully saturated rings. The number of nitrogens with zero attached hydrogens (tertiary/aromatic N) is 3. The maximum atomic E-state index is 12.4. The number of rotatable bonds is 6. The number of ether oxygens (including phenoxy) is 1. The van der Waals surface area contributed by atoms with Crippen LogP contribution in [0.1, 0.15) is 44.9 Å². The summed E-state index contributed by atoms with van der Waals surface area (Å²) in [5.41, 5.74) is 1.97. The van der Waals surface area contributed by atoms with Crippen molar-refractivity contribution in [2.75, 3.05) is 13.7 Å². The van der Waals surface area contributed by atoms with Crippen molar-refractivity contribution in [1.29, 1.82) is 0 Å². The van der Waals surface area contributed by atoms with E-state index in [4.69, 9.17) is 4.74 Å². The van der Waals surface area contributed by atoms with Gasteiger partial charge in [-0.05, 0) is 43.5 Å². The van der Waals surface area contributed by atoms with Gasteiger partial charge in [0.2, 0.25) is 5.91 Å². The number of aromatic amines is 1. The van der Waals surface area contributed by atoms with Crippen LogP contribution in [0, 0.1) is 0 Å². The zero-order chi connectivity index (χ0) is 20.4. The monoisotopic (exact) mass is 414 g/mol. The SMILES string of the molecule is CN(C(=O)CCCOc1ccc2nc3[nH]c(=O)n(C)c3cc2c1)C1CCCCC1.O. The molecule has 1 aliphatic carbocycles. The molecule has 1 aromatic carbocycles. The largest absolute Gasteiger partial charge is 0.494 e. The Morgan fingerprint density at radius 2 is 2.03 bits per heavy atom. The maximum absolute atomic E-state index is 12.4. The predicted octanol–water partition coefficient (Wildman–Crippen LogP) is 2.54. The van der Waals surface area contributed by atoms with Crippen LogP contribution in [0.25, 0.3) is 22.1 Å². The zero-order valence-electron chi connectivity index (χ0n) is 17.6. The first-order valence-electron chi connectivity index (χ1n) is 10.4. The predicted molar refractivity (Wildman–Crippen MR) is 117 cm³/mol. The average molecular weight is 415 g/mol. The summed E-state index contributed by atoms with van der Waals surface area (Å²) in [4.78, 5) is 33.4. The smallest absolute Gasteiger partial charge is 0.327 e. The second-order valence-corrected chi connectivity index (χ2v) is 7.95. The summed E-state index contributed by atoms with van der Waals surface area (Å²) in [6.07, 6.45) is 7.20. The first kappa shape index (κ1) is 21.8. The van der Waals surface area contributed by atoms with E-state index >= 15 is 0 Å². The fraction of sp³-hybridized carbons (Fsp3) is 0.500. The lowest BCUT2D eigenvalue weighted by Gasteiger charge is -2.31. The molecule has 3 aromatic rings. The molecule has 0 atom stereocenters. The van der Waals surface area contributed by atoms with Gasteiger partial charge in [-0.3, -0.25) is 14.3 Å². The van der Waals surface area contributed by atoms with Gasteiger partial charge in [0, 0.05) is 31.9 Å². The van der Waals surface area contributed by atoms with Crippen molar-refractivity contribution in [3.8, 4) is 5.75 Å². The Hall–Kier alpha value is -2.87. The number of pyridine rings is 1. The molecule has 0 spiro atoms. The molecule has 2 heterocycles. The minimum Gasteiger partial charge on any atom is -0.494 e. The zero-order valence-corrected chi connectivity index (χ0v) is 17.6. The van der Waals surface area contributed by atoms with Crippen molar-refractivity contribution in [3.63, 3.8) is 0 Å². The maximum Gasteiger partial charge on any atom is 0.327 e. The van der Waals surface area contributed by atoms with Crippen LogP contribution in [0.5, 0.6) is 5.75 Å². The molecule has 3 N–H and O–H groups in total. The highest BCUT2D eigenvalue weighted by Crippen LogP contribution is 2.24. The number of carbonyl (C=O) groups is 1. The van der Waals surface area contributed by atoms with Gasteiger partial charge in [0.1, 0.15) is 5.75 Å². The van der Waals surface area contributed by atoms with E-state index in [1.54, 1.807) is 11.6 Å². The van der Waals surface area contributed by atoms with E-state index in [9.17, 15) is 9.59 Å². The number of hydrogen-bond donors (Lipinski definition) is 1. The highest BCUT2D eigenvalue weighted by molar-refractivity contribution is 5.90. The first-order valence-corrected chi connectivity index (χ1v) is 10.4. The van der Waals surface area contributed by atoms with E-state index < -0.39 is 0 Å². The third-order valence-corrected chi connectivity index (χ3v) is 5.98. The van der Waals surface area contributed by atoms with Crippen LogP contribution in [0.3, 0.4) is 0 Å². The molecule has 8 heteroatoms. The van der Waals surface area contributed by atoms with Gasteiger partial charge >= 0.3 is 5.69 Å². The van der Waals surface area contributed by atoms with Gasteiger partial charge in [-0.1, -0.05) is 19.3 Å². The number of benzene rings is 1. The molecule has 1 aliphatic rings. The quantitative estimate of drug-likeness (QED) is 0.625. The van der Waals surface area contributed by atoms with Crippen molar-refractivity contribution >= 4 is 28.0 Å². The van der Waals surface area contributed by atoms with E-state index in [1.807, 2.05) is 36.2 Å². The summed E-state index contributed by atoms with van der Waals surface area (Å²) < 4.78 is 7.41. The van der Waals surface area contributed by atoms with Crippen LogP contribution in [0.15, 0.2) is 29.1 Å². The molecule has 1 saturated carbocycles. The molecule has 0 radical (unpaired) electrons. The van der Waals surface area contributed by atoms with E-state index in [0.29, 0.717) is 31.1 Å². The molecular weight excluding hydrogens is 384 g/mol. The molecule has 162 valence electrons. The van der Waals surface area contributed by atoms with Gasteiger partial charge in [0.05, 0.1) is 17.6 Å². The number of fused-ring (bicyclic) bond motifs is 2. The Kier molecular flexibility index (Phi) is 6.77. The minimum atomic E-state index is -0.179. The van der Waals surface area contributed by atoms with Crippen LogP contribution in [0.2, 0.25) is 0 Å². The fourth-order valence-electron chi connectivity index (χ4n) is 4.14. The standard InChI is InChI=1S/C22H28N4O3.H2O/c1-25(16-7-4-3-5-8-16)20(27)9-6-12-29-17-10-11-18-15(13-17)14-19-21(23-18)24-22(28)26(19)2;/h10-11,13-14,16H,3-9,12H2,1-2H3,(H,23,24,28);1H2. The van der Waals surface area contributed by atoms with Gasteiger partial charge in [0.25, 0.3) is 0 Å². The van der Waals surface area contributed by atoms with Crippen molar-refractivity contribution in [2.45, 2.75) is 51.0 Å². The van der Waals surface area contributed by atoms with Crippen molar-refractivity contribution in [2.24, 2.45) is 7.05 Å².